The molecule has 1 saturated heterocycles. The third-order valence-electron chi connectivity index (χ3n) is 2.29. The van der Waals surface area contributed by atoms with E-state index in [1.165, 1.54) is 0 Å². The van der Waals surface area contributed by atoms with Crippen LogP contribution in [0.2, 0.25) is 0 Å². The van der Waals surface area contributed by atoms with E-state index in [9.17, 15) is 13.2 Å². The lowest BCUT2D eigenvalue weighted by Crippen LogP contribution is -2.47. The molecule has 0 aromatic rings. The molecule has 0 aromatic heterocycles. The van der Waals surface area contributed by atoms with Crippen LogP contribution in [0.25, 0.3) is 0 Å². The van der Waals surface area contributed by atoms with Gasteiger partial charge >= 0.3 is 5.97 Å². The van der Waals surface area contributed by atoms with Crippen LogP contribution in [-0.4, -0.2) is 44.1 Å². The Labute approximate surface area is 77.1 Å². The number of carbonyl (C=O) groups is 1. The van der Waals surface area contributed by atoms with Gasteiger partial charge < -0.3 is 10.4 Å². The van der Waals surface area contributed by atoms with E-state index in [0.717, 1.165) is 6.26 Å². The number of carboxylic acids is 1. The van der Waals surface area contributed by atoms with Crippen molar-refractivity contribution in [2.24, 2.45) is 5.92 Å². The first-order valence-electron chi connectivity index (χ1n) is 4.05. The van der Waals surface area contributed by atoms with E-state index in [1.54, 1.807) is 0 Å². The molecule has 76 valence electrons. The van der Waals surface area contributed by atoms with Crippen molar-refractivity contribution in [3.63, 3.8) is 0 Å². The van der Waals surface area contributed by atoms with E-state index in [4.69, 9.17) is 5.11 Å². The Kier molecular flexibility index (Phi) is 2.92. The summed E-state index contributed by atoms with van der Waals surface area (Å²) in [7, 11) is -3.24. The van der Waals surface area contributed by atoms with Gasteiger partial charge in [-0.3, -0.25) is 4.79 Å². The second kappa shape index (κ2) is 3.63. The monoisotopic (exact) mass is 207 g/mol. The Morgan fingerprint density at radius 2 is 2.15 bits per heavy atom. The average Bonchev–Trinajstić information content (AvgIpc) is 2.03. The lowest BCUT2D eigenvalue weighted by Gasteiger charge is -2.27. The van der Waals surface area contributed by atoms with Crippen LogP contribution in [0, 0.1) is 5.92 Å². The molecule has 1 rings (SSSR count). The summed E-state index contributed by atoms with van der Waals surface area (Å²) in [6.45, 7) is 0.814. The van der Waals surface area contributed by atoms with Crippen molar-refractivity contribution in [3.05, 3.63) is 0 Å². The maximum absolute atomic E-state index is 11.2. The van der Waals surface area contributed by atoms with E-state index in [2.05, 4.69) is 5.32 Å². The molecule has 0 aromatic carbocycles. The molecule has 1 aliphatic heterocycles. The Hall–Kier alpha value is -0.620. The van der Waals surface area contributed by atoms with Gasteiger partial charge in [-0.1, -0.05) is 0 Å². The maximum atomic E-state index is 11.2. The number of piperidine rings is 1. The Morgan fingerprint density at radius 3 is 2.54 bits per heavy atom. The maximum Gasteiger partial charge on any atom is 0.309 e. The minimum Gasteiger partial charge on any atom is -0.481 e. The van der Waals surface area contributed by atoms with Gasteiger partial charge in [0.15, 0.2) is 9.84 Å². The van der Waals surface area contributed by atoms with Crippen LogP contribution in [-0.2, 0) is 14.6 Å². The molecule has 1 aliphatic rings. The topological polar surface area (TPSA) is 83.5 Å². The van der Waals surface area contributed by atoms with Crippen LogP contribution in [0.15, 0.2) is 0 Å². The summed E-state index contributed by atoms with van der Waals surface area (Å²) in [4.78, 5) is 10.7. The number of hydrogen-bond donors (Lipinski definition) is 2. The zero-order valence-corrected chi connectivity index (χ0v) is 8.17. The fourth-order valence-electron chi connectivity index (χ4n) is 1.59. The van der Waals surface area contributed by atoms with E-state index in [0.29, 0.717) is 13.0 Å². The molecule has 1 fully saturated rings. The smallest absolute Gasteiger partial charge is 0.309 e. The molecule has 0 amide bonds. The number of sulfone groups is 1. The van der Waals surface area contributed by atoms with E-state index >= 15 is 0 Å². The van der Waals surface area contributed by atoms with E-state index in [-0.39, 0.29) is 6.54 Å². The third kappa shape index (κ3) is 2.41. The molecule has 5 nitrogen and oxygen atoms in total. The van der Waals surface area contributed by atoms with Crippen molar-refractivity contribution >= 4 is 15.8 Å². The molecule has 0 saturated carbocycles. The average molecular weight is 207 g/mol. The molecule has 0 radical (unpaired) electrons. The highest BCUT2D eigenvalue weighted by Crippen LogP contribution is 2.18. The summed E-state index contributed by atoms with van der Waals surface area (Å²) in [5.41, 5.74) is 0. The molecule has 13 heavy (non-hydrogen) atoms. The lowest BCUT2D eigenvalue weighted by molar-refractivity contribution is -0.142. The van der Waals surface area contributed by atoms with Crippen molar-refractivity contribution in [2.75, 3.05) is 19.3 Å². The predicted molar refractivity (Wildman–Crippen MR) is 47.2 cm³/mol. The molecule has 0 spiro atoms. The highest BCUT2D eigenvalue weighted by Gasteiger charge is 2.37. The number of hydrogen-bond acceptors (Lipinski definition) is 4. The SMILES string of the molecule is CS(=O)(=O)C1CCNCC1C(=O)O. The van der Waals surface area contributed by atoms with E-state index in [1.807, 2.05) is 0 Å². The summed E-state index contributed by atoms with van der Waals surface area (Å²) in [5.74, 6) is -1.84. The number of nitrogens with one attached hydrogen (secondary N) is 1. The first-order chi connectivity index (χ1) is 5.93. The Morgan fingerprint density at radius 1 is 1.54 bits per heavy atom. The summed E-state index contributed by atoms with van der Waals surface area (Å²) >= 11 is 0. The zero-order valence-electron chi connectivity index (χ0n) is 7.36. The molecule has 2 N–H and O–H groups in total. The number of carboxylic acid groups (broad SMARTS) is 1. The van der Waals surface area contributed by atoms with Crippen LogP contribution in [0.1, 0.15) is 6.42 Å². The predicted octanol–water partition coefficient (Wildman–Crippen LogP) is -0.906. The van der Waals surface area contributed by atoms with Gasteiger partial charge in [0.05, 0.1) is 11.2 Å². The molecule has 2 atom stereocenters. The third-order valence-corrected chi connectivity index (χ3v) is 3.95. The normalized spacial score (nSPS) is 29.9. The fourth-order valence-corrected chi connectivity index (χ4v) is 2.95. The fraction of sp³-hybridized carbons (Fsp3) is 0.857. The molecule has 0 aliphatic carbocycles. The molecule has 2 unspecified atom stereocenters. The van der Waals surface area contributed by atoms with Gasteiger partial charge in [0.2, 0.25) is 0 Å². The minimum absolute atomic E-state index is 0.243. The number of rotatable bonds is 2. The van der Waals surface area contributed by atoms with Crippen LogP contribution in [0.3, 0.4) is 0 Å². The Balaban J connectivity index is 2.86. The van der Waals surface area contributed by atoms with Gasteiger partial charge in [-0.15, -0.1) is 0 Å². The van der Waals surface area contributed by atoms with Gasteiger partial charge in [-0.05, 0) is 13.0 Å². The van der Waals surface area contributed by atoms with Gasteiger partial charge in [-0.2, -0.15) is 0 Å². The Bertz CT molecular complexity index is 298. The summed E-state index contributed by atoms with van der Waals surface area (Å²) in [6.07, 6.45) is 1.48. The van der Waals surface area contributed by atoms with Crippen molar-refractivity contribution in [1.82, 2.24) is 5.32 Å². The van der Waals surface area contributed by atoms with Crippen LogP contribution >= 0.6 is 0 Å². The summed E-state index contributed by atoms with van der Waals surface area (Å²) < 4.78 is 22.4. The summed E-state index contributed by atoms with van der Waals surface area (Å²) in [5, 5.41) is 10.9. The van der Waals surface area contributed by atoms with Crippen molar-refractivity contribution in [3.8, 4) is 0 Å². The zero-order chi connectivity index (χ0) is 10.1. The molecule has 6 heteroatoms. The first kappa shape index (κ1) is 10.5. The van der Waals surface area contributed by atoms with Crippen molar-refractivity contribution in [2.45, 2.75) is 11.7 Å². The van der Waals surface area contributed by atoms with Crippen LogP contribution in [0.5, 0.6) is 0 Å². The van der Waals surface area contributed by atoms with Crippen LogP contribution < -0.4 is 5.32 Å². The minimum atomic E-state index is -3.24. The molecule has 1 heterocycles. The van der Waals surface area contributed by atoms with Gasteiger partial charge in [0, 0.05) is 12.8 Å². The number of aliphatic carboxylic acids is 1. The van der Waals surface area contributed by atoms with Crippen molar-refractivity contribution < 1.29 is 18.3 Å². The highest BCUT2D eigenvalue weighted by molar-refractivity contribution is 7.91. The largest absolute Gasteiger partial charge is 0.481 e. The van der Waals surface area contributed by atoms with Crippen molar-refractivity contribution in [1.29, 1.82) is 0 Å². The standard InChI is InChI=1S/C7H13NO4S/c1-13(11,12)6-2-3-8-4-5(6)7(9)10/h5-6,8H,2-4H2,1H3,(H,9,10). The van der Waals surface area contributed by atoms with E-state index < -0.39 is 27.0 Å². The first-order valence-corrected chi connectivity index (χ1v) is 6.01. The highest BCUT2D eigenvalue weighted by atomic mass is 32.2. The molecule has 0 bridgehead atoms. The second-order valence-corrected chi connectivity index (χ2v) is 5.57. The summed E-state index contributed by atoms with van der Waals surface area (Å²) in [6, 6.07) is 0. The van der Waals surface area contributed by atoms with Gasteiger partial charge in [0.25, 0.3) is 0 Å². The quantitative estimate of drug-likeness (QED) is 0.612. The van der Waals surface area contributed by atoms with Gasteiger partial charge in [-0.25, -0.2) is 8.42 Å². The second-order valence-electron chi connectivity index (χ2n) is 3.31. The van der Waals surface area contributed by atoms with Gasteiger partial charge in [0.1, 0.15) is 0 Å². The van der Waals surface area contributed by atoms with Crippen LogP contribution in [0.4, 0.5) is 0 Å². The lowest BCUT2D eigenvalue weighted by atomic mass is 9.99. The molecular formula is C7H13NO4S. The molecular weight excluding hydrogens is 194 g/mol.